The van der Waals surface area contributed by atoms with Crippen molar-refractivity contribution in [2.24, 2.45) is 0 Å². The van der Waals surface area contributed by atoms with Gasteiger partial charge in [-0.15, -0.1) is 0 Å². The van der Waals surface area contributed by atoms with E-state index in [0.29, 0.717) is 28.4 Å². The summed E-state index contributed by atoms with van der Waals surface area (Å²) in [5.74, 6) is 0.252. The summed E-state index contributed by atoms with van der Waals surface area (Å²) in [4.78, 5) is 16.6. The highest BCUT2D eigenvalue weighted by molar-refractivity contribution is 7.89. The van der Waals surface area contributed by atoms with Gasteiger partial charge in [0.25, 0.3) is 0 Å². The molecular weight excluding hydrogens is 442 g/mol. The van der Waals surface area contributed by atoms with Gasteiger partial charge in [0.15, 0.2) is 5.65 Å². The number of aromatic nitrogens is 3. The van der Waals surface area contributed by atoms with Crippen LogP contribution in [0.5, 0.6) is 0 Å². The first kappa shape index (κ1) is 22.4. The quantitative estimate of drug-likeness (QED) is 0.435. The predicted octanol–water partition coefficient (Wildman–Crippen LogP) is 3.49. The molecule has 0 aliphatic carbocycles. The number of nitrogens with zero attached hydrogens (tertiary/aromatic N) is 4. The van der Waals surface area contributed by atoms with E-state index in [1.807, 2.05) is 19.1 Å². The molecule has 0 aliphatic heterocycles. The van der Waals surface area contributed by atoms with E-state index in [-0.39, 0.29) is 4.90 Å². The van der Waals surface area contributed by atoms with Crippen molar-refractivity contribution in [1.29, 1.82) is 0 Å². The van der Waals surface area contributed by atoms with Crippen LogP contribution in [0, 0.1) is 6.92 Å². The van der Waals surface area contributed by atoms with E-state index >= 15 is 0 Å². The molecule has 0 atom stereocenters. The molecule has 0 amide bonds. The monoisotopic (exact) mass is 465 g/mol. The van der Waals surface area contributed by atoms with Gasteiger partial charge in [-0.3, -0.25) is 0 Å². The highest BCUT2D eigenvalue weighted by Crippen LogP contribution is 2.26. The minimum atomic E-state index is -3.51. The van der Waals surface area contributed by atoms with Crippen LogP contribution in [-0.2, 0) is 14.8 Å². The topological polar surface area (TPSA) is 106 Å². The van der Waals surface area contributed by atoms with E-state index < -0.39 is 16.0 Å². The minimum Gasteiger partial charge on any atom is -0.465 e. The lowest BCUT2D eigenvalue weighted by Gasteiger charge is -2.13. The predicted molar refractivity (Wildman–Crippen MR) is 125 cm³/mol. The molecule has 9 nitrogen and oxygen atoms in total. The van der Waals surface area contributed by atoms with Crippen LogP contribution in [-0.4, -0.2) is 54.5 Å². The highest BCUT2D eigenvalue weighted by atomic mass is 32.2. The van der Waals surface area contributed by atoms with Crippen LogP contribution in [0.15, 0.2) is 65.6 Å². The number of rotatable bonds is 6. The Hall–Kier alpha value is -3.76. The Kier molecular flexibility index (Phi) is 5.88. The second-order valence-electron chi connectivity index (χ2n) is 7.59. The first-order valence-corrected chi connectivity index (χ1v) is 11.5. The zero-order chi connectivity index (χ0) is 23.8. The fourth-order valence-corrected chi connectivity index (χ4v) is 4.19. The molecule has 0 fully saturated rings. The Labute approximate surface area is 191 Å². The number of fused-ring (bicyclic) bond motifs is 1. The van der Waals surface area contributed by atoms with Crippen molar-refractivity contribution in [2.75, 3.05) is 26.5 Å². The molecule has 0 unspecified atom stereocenters. The smallest absolute Gasteiger partial charge is 0.337 e. The summed E-state index contributed by atoms with van der Waals surface area (Å²) in [7, 11) is 0.823. The van der Waals surface area contributed by atoms with Crippen LogP contribution in [0.1, 0.15) is 16.1 Å². The third kappa shape index (κ3) is 4.43. The van der Waals surface area contributed by atoms with Gasteiger partial charge >= 0.3 is 5.97 Å². The highest BCUT2D eigenvalue weighted by Gasteiger charge is 2.17. The largest absolute Gasteiger partial charge is 0.465 e. The molecule has 0 spiro atoms. The van der Waals surface area contributed by atoms with Crippen molar-refractivity contribution < 1.29 is 17.9 Å². The van der Waals surface area contributed by atoms with Crippen molar-refractivity contribution in [3.05, 3.63) is 71.9 Å². The van der Waals surface area contributed by atoms with Crippen molar-refractivity contribution in [3.8, 4) is 11.3 Å². The lowest BCUT2D eigenvalue weighted by atomic mass is 10.1. The standard InChI is InChI=1S/C23H23N5O4S/c1-15-13-21-25-20(16-5-7-17(8-6-16)23(29)32-4)14-22(28(21)26-15)24-18-9-11-19(12-10-18)33(30,31)27(2)3/h5-14,24H,1-4H3. The summed E-state index contributed by atoms with van der Waals surface area (Å²) in [6.45, 7) is 1.88. The SMILES string of the molecule is COC(=O)c1ccc(-c2cc(Nc3ccc(S(=O)(=O)N(C)C)cc3)n3nc(C)cc3n2)cc1. The second kappa shape index (κ2) is 8.64. The number of nitrogens with one attached hydrogen (secondary N) is 1. The van der Waals surface area contributed by atoms with Gasteiger partial charge in [-0.25, -0.2) is 22.5 Å². The van der Waals surface area contributed by atoms with Crippen LogP contribution in [0.2, 0.25) is 0 Å². The Morgan fingerprint density at radius 1 is 1.03 bits per heavy atom. The van der Waals surface area contributed by atoms with Gasteiger partial charge in [0.05, 0.1) is 29.0 Å². The first-order chi connectivity index (χ1) is 15.7. The molecule has 0 bridgehead atoms. The average molecular weight is 466 g/mol. The van der Waals surface area contributed by atoms with Crippen molar-refractivity contribution in [3.63, 3.8) is 0 Å². The molecule has 0 saturated carbocycles. The number of hydrogen-bond donors (Lipinski definition) is 1. The number of ether oxygens (including phenoxy) is 1. The van der Waals surface area contributed by atoms with E-state index in [0.717, 1.165) is 11.3 Å². The van der Waals surface area contributed by atoms with E-state index in [1.165, 1.54) is 25.5 Å². The van der Waals surface area contributed by atoms with Crippen molar-refractivity contribution in [2.45, 2.75) is 11.8 Å². The lowest BCUT2D eigenvalue weighted by Crippen LogP contribution is -2.22. The van der Waals surface area contributed by atoms with E-state index in [9.17, 15) is 13.2 Å². The number of aryl methyl sites for hydroxylation is 1. The summed E-state index contributed by atoms with van der Waals surface area (Å²) in [5, 5.41) is 7.80. The molecule has 2 aromatic carbocycles. The Balaban J connectivity index is 1.71. The summed E-state index contributed by atoms with van der Waals surface area (Å²) in [6.07, 6.45) is 0. The number of methoxy groups -OCH3 is 1. The normalized spacial score (nSPS) is 11.7. The maximum absolute atomic E-state index is 12.3. The van der Waals surface area contributed by atoms with Crippen LogP contribution in [0.25, 0.3) is 16.9 Å². The molecule has 0 saturated heterocycles. The molecular formula is C23H23N5O4S. The Morgan fingerprint density at radius 2 is 1.70 bits per heavy atom. The number of benzene rings is 2. The molecule has 2 aromatic heterocycles. The molecule has 0 radical (unpaired) electrons. The third-order valence-corrected chi connectivity index (χ3v) is 6.89. The van der Waals surface area contributed by atoms with Gasteiger partial charge in [-0.2, -0.15) is 9.61 Å². The number of sulfonamides is 1. The van der Waals surface area contributed by atoms with Crippen LogP contribution in [0.3, 0.4) is 0 Å². The van der Waals surface area contributed by atoms with Gasteiger partial charge in [0.2, 0.25) is 10.0 Å². The van der Waals surface area contributed by atoms with E-state index in [4.69, 9.17) is 4.74 Å². The number of esters is 1. The second-order valence-corrected chi connectivity index (χ2v) is 9.74. The van der Waals surface area contributed by atoms with Crippen LogP contribution < -0.4 is 5.32 Å². The van der Waals surface area contributed by atoms with Crippen molar-refractivity contribution in [1.82, 2.24) is 18.9 Å². The summed E-state index contributed by atoms with van der Waals surface area (Å²) in [5.41, 5.74) is 4.11. The number of carbonyl (C=O) groups excluding carboxylic acids is 1. The lowest BCUT2D eigenvalue weighted by molar-refractivity contribution is 0.0600. The molecule has 170 valence electrons. The first-order valence-electron chi connectivity index (χ1n) is 10.0. The zero-order valence-corrected chi connectivity index (χ0v) is 19.4. The zero-order valence-electron chi connectivity index (χ0n) is 18.6. The molecule has 33 heavy (non-hydrogen) atoms. The molecule has 0 aliphatic rings. The Morgan fingerprint density at radius 3 is 2.30 bits per heavy atom. The molecule has 1 N–H and O–H groups in total. The van der Waals surface area contributed by atoms with Gasteiger partial charge in [-0.1, -0.05) is 12.1 Å². The third-order valence-electron chi connectivity index (χ3n) is 5.06. The number of carbonyl (C=O) groups is 1. The van der Waals surface area contributed by atoms with Gasteiger partial charge < -0.3 is 10.1 Å². The molecule has 4 aromatic rings. The molecule has 2 heterocycles. The van der Waals surface area contributed by atoms with Gasteiger partial charge in [-0.05, 0) is 43.3 Å². The fourth-order valence-electron chi connectivity index (χ4n) is 3.29. The molecule has 10 heteroatoms. The maximum atomic E-state index is 12.3. The number of anilines is 2. The Bertz CT molecular complexity index is 1430. The summed E-state index contributed by atoms with van der Waals surface area (Å²) in [6, 6.07) is 17.2. The van der Waals surface area contributed by atoms with E-state index in [2.05, 4.69) is 15.4 Å². The minimum absolute atomic E-state index is 0.208. The van der Waals surface area contributed by atoms with Crippen LogP contribution in [0.4, 0.5) is 11.5 Å². The fraction of sp³-hybridized carbons (Fsp3) is 0.174. The average Bonchev–Trinajstić information content (AvgIpc) is 3.19. The van der Waals surface area contributed by atoms with Crippen molar-refractivity contribution >= 4 is 33.1 Å². The maximum Gasteiger partial charge on any atom is 0.337 e. The van der Waals surface area contributed by atoms with Crippen LogP contribution >= 0.6 is 0 Å². The van der Waals surface area contributed by atoms with Gasteiger partial charge in [0, 0.05) is 37.5 Å². The molecule has 4 rings (SSSR count). The number of hydrogen-bond acceptors (Lipinski definition) is 7. The van der Waals surface area contributed by atoms with Gasteiger partial charge in [0.1, 0.15) is 5.82 Å². The van der Waals surface area contributed by atoms with E-state index in [1.54, 1.807) is 53.0 Å². The summed E-state index contributed by atoms with van der Waals surface area (Å²) < 4.78 is 32.3. The summed E-state index contributed by atoms with van der Waals surface area (Å²) >= 11 is 0.